The smallest absolute Gasteiger partial charge is 0.407 e. The highest BCUT2D eigenvalue weighted by molar-refractivity contribution is 7.91. The molecule has 4 amide bonds. The molecule has 2 aliphatic carbocycles. The van der Waals surface area contributed by atoms with Crippen LogP contribution in [-0.2, 0) is 29.1 Å². The second-order valence-electron chi connectivity index (χ2n) is 15.8. The molecule has 2 aliphatic heterocycles. The molecule has 1 saturated heterocycles. The number of alkyl halides is 2. The first kappa shape index (κ1) is 38.3. The van der Waals surface area contributed by atoms with E-state index >= 15 is 0 Å². The average Bonchev–Trinajstić information content (AvgIpc) is 4.06. The van der Waals surface area contributed by atoms with Crippen LogP contribution < -0.4 is 24.8 Å². The van der Waals surface area contributed by atoms with Crippen LogP contribution in [0.25, 0.3) is 21.9 Å². The summed E-state index contributed by atoms with van der Waals surface area (Å²) in [5.41, 5.74) is -1.63. The van der Waals surface area contributed by atoms with E-state index in [0.29, 0.717) is 36.3 Å². The lowest BCUT2D eigenvalue weighted by Crippen LogP contribution is -2.60. The predicted octanol–water partition coefficient (Wildman–Crippen LogP) is 4.53. The van der Waals surface area contributed by atoms with Crippen LogP contribution in [0.15, 0.2) is 60.7 Å². The van der Waals surface area contributed by atoms with Crippen molar-refractivity contribution in [2.75, 3.05) is 19.8 Å². The van der Waals surface area contributed by atoms with E-state index < -0.39 is 87.0 Å². The Morgan fingerprint density at radius 3 is 2.36 bits per heavy atom. The zero-order valence-corrected chi connectivity index (χ0v) is 31.5. The number of alkyl carbamates (subject to hydrolysis) is 1. The fourth-order valence-electron chi connectivity index (χ4n) is 7.28. The van der Waals surface area contributed by atoms with E-state index in [0.717, 1.165) is 16.3 Å². The molecule has 4 bridgehead atoms. The molecule has 4 aliphatic rings. The standard InChI is InChI=1S/C39H44F2N4O9S/c1-38(2,3)32-35(47)45-21-26(19-30(45)34(46)43-39(20-29(39)33(40)41)36(48)44-55(50,51)27-12-13-27)54-31-18-23-9-5-4-8-22(23)17-28(31)24-10-6-11-25(16-24)52-14-7-15-53-37(49)42-32/h4-6,8-11,16-18,26-27,29-30,32-33H,7,12-15,19-21H2,1-3H3,(H,42,49)(H,43,46)(H,44,48)/t26?,29-,30-,32+,39?/m0/s1. The van der Waals surface area contributed by atoms with Crippen LogP contribution in [0.4, 0.5) is 13.6 Å². The molecule has 3 fully saturated rings. The highest BCUT2D eigenvalue weighted by Gasteiger charge is 2.67. The minimum Gasteiger partial charge on any atom is -0.493 e. The van der Waals surface area contributed by atoms with Crippen molar-refractivity contribution in [3.63, 3.8) is 0 Å². The topological polar surface area (TPSA) is 169 Å². The van der Waals surface area contributed by atoms with Gasteiger partial charge in [-0.1, -0.05) is 57.2 Å². The van der Waals surface area contributed by atoms with Crippen molar-refractivity contribution in [3.8, 4) is 22.6 Å². The molecule has 5 atom stereocenters. The molecule has 0 radical (unpaired) electrons. The third kappa shape index (κ3) is 8.05. The molecule has 2 saturated carbocycles. The number of rotatable bonds is 6. The van der Waals surface area contributed by atoms with Crippen LogP contribution in [0.1, 0.15) is 52.9 Å². The number of cyclic esters (lactones) is 1. The summed E-state index contributed by atoms with van der Waals surface area (Å²) < 4.78 is 73.5. The Bertz CT molecular complexity index is 2120. The van der Waals surface area contributed by atoms with Gasteiger partial charge in [-0.3, -0.25) is 19.1 Å². The second-order valence-corrected chi connectivity index (χ2v) is 17.7. The molecule has 2 heterocycles. The van der Waals surface area contributed by atoms with E-state index in [1.807, 2.05) is 59.3 Å². The molecule has 0 spiro atoms. The molecule has 3 aromatic carbocycles. The summed E-state index contributed by atoms with van der Waals surface area (Å²) in [6.07, 6.45) is -4.34. The van der Waals surface area contributed by atoms with Crippen molar-refractivity contribution >= 4 is 44.6 Å². The van der Waals surface area contributed by atoms with E-state index in [9.17, 15) is 36.4 Å². The van der Waals surface area contributed by atoms with Crippen molar-refractivity contribution in [2.24, 2.45) is 11.3 Å². The second kappa shape index (κ2) is 14.6. The number of hydrogen-bond donors (Lipinski definition) is 3. The van der Waals surface area contributed by atoms with Gasteiger partial charge < -0.3 is 29.7 Å². The van der Waals surface area contributed by atoms with Crippen molar-refractivity contribution in [1.29, 1.82) is 0 Å². The summed E-state index contributed by atoms with van der Waals surface area (Å²) >= 11 is 0. The van der Waals surface area contributed by atoms with Gasteiger partial charge in [-0.2, -0.15) is 0 Å². The quantitative estimate of drug-likeness (QED) is 0.326. The zero-order chi connectivity index (χ0) is 39.3. The first-order chi connectivity index (χ1) is 26.1. The SMILES string of the molecule is CC(C)(C)[C@@H]1NC(=O)OCCCOc2cccc(c2)-c2cc3ccccc3cc2OC2C[C@@H](C(=O)NC3(C(=O)NS(=O)(=O)C4CC4)C[C@H]3C(F)F)N(C2)C1=O. The zero-order valence-electron chi connectivity index (χ0n) is 30.7. The van der Waals surface area contributed by atoms with E-state index in [2.05, 4.69) is 10.6 Å². The monoisotopic (exact) mass is 782 g/mol. The summed E-state index contributed by atoms with van der Waals surface area (Å²) in [5.74, 6) is -3.47. The Balaban J connectivity index is 1.26. The summed E-state index contributed by atoms with van der Waals surface area (Å²) in [7, 11) is -4.13. The maximum absolute atomic E-state index is 14.5. The Morgan fingerprint density at radius 2 is 1.69 bits per heavy atom. The van der Waals surface area contributed by atoms with Gasteiger partial charge in [0.05, 0.1) is 30.9 Å². The van der Waals surface area contributed by atoms with E-state index in [4.69, 9.17) is 14.2 Å². The van der Waals surface area contributed by atoms with Gasteiger partial charge in [-0.05, 0) is 65.3 Å². The number of fused-ring (bicyclic) bond motifs is 7. The van der Waals surface area contributed by atoms with Gasteiger partial charge in [0.25, 0.3) is 5.91 Å². The maximum Gasteiger partial charge on any atom is 0.407 e. The van der Waals surface area contributed by atoms with Gasteiger partial charge in [0, 0.05) is 18.4 Å². The summed E-state index contributed by atoms with van der Waals surface area (Å²) in [6.45, 7) is 5.25. The molecule has 16 heteroatoms. The minimum atomic E-state index is -4.13. The lowest BCUT2D eigenvalue weighted by Gasteiger charge is -2.35. The van der Waals surface area contributed by atoms with Gasteiger partial charge in [0.1, 0.15) is 35.2 Å². The number of nitrogens with one attached hydrogen (secondary N) is 3. The lowest BCUT2D eigenvalue weighted by molar-refractivity contribution is -0.143. The molecule has 0 aromatic heterocycles. The van der Waals surface area contributed by atoms with Gasteiger partial charge >= 0.3 is 6.09 Å². The van der Waals surface area contributed by atoms with Gasteiger partial charge in [0.2, 0.25) is 28.3 Å². The minimum absolute atomic E-state index is 0.0119. The summed E-state index contributed by atoms with van der Waals surface area (Å²) in [5, 5.41) is 6.08. The number of carbonyl (C=O) groups is 4. The number of halogens is 2. The van der Waals surface area contributed by atoms with Crippen molar-refractivity contribution in [1.82, 2.24) is 20.3 Å². The summed E-state index contributed by atoms with van der Waals surface area (Å²) in [6, 6.07) is 16.3. The third-order valence-corrected chi connectivity index (χ3v) is 12.4. The predicted molar refractivity (Wildman–Crippen MR) is 197 cm³/mol. The van der Waals surface area contributed by atoms with Gasteiger partial charge in [-0.15, -0.1) is 0 Å². The Kier molecular flexibility index (Phi) is 10.2. The van der Waals surface area contributed by atoms with Gasteiger partial charge in [0.15, 0.2) is 0 Å². The number of hydrogen-bond acceptors (Lipinski definition) is 9. The van der Waals surface area contributed by atoms with Crippen molar-refractivity contribution < 1.29 is 50.6 Å². The Labute approximate surface area is 317 Å². The number of amides is 4. The normalized spacial score (nSPS) is 26.0. The third-order valence-electron chi connectivity index (χ3n) is 10.6. The highest BCUT2D eigenvalue weighted by Crippen LogP contribution is 2.48. The first-order valence-electron chi connectivity index (χ1n) is 18.4. The van der Waals surface area contributed by atoms with Crippen LogP contribution in [0.2, 0.25) is 0 Å². The van der Waals surface area contributed by atoms with Crippen LogP contribution in [0.3, 0.4) is 0 Å². The number of sulfonamides is 1. The molecule has 13 nitrogen and oxygen atoms in total. The van der Waals surface area contributed by atoms with E-state index in [-0.39, 0.29) is 26.2 Å². The molecular formula is C39H44F2N4O9S. The lowest BCUT2D eigenvalue weighted by atomic mass is 9.85. The molecular weight excluding hydrogens is 739 g/mol. The molecule has 7 rings (SSSR count). The van der Waals surface area contributed by atoms with Crippen molar-refractivity contribution in [2.45, 2.75) is 88.3 Å². The van der Waals surface area contributed by atoms with E-state index in [1.54, 1.807) is 26.8 Å². The number of carbonyl (C=O) groups excluding carboxylic acids is 4. The first-order valence-corrected chi connectivity index (χ1v) is 19.9. The highest BCUT2D eigenvalue weighted by atomic mass is 32.2. The summed E-state index contributed by atoms with van der Waals surface area (Å²) in [4.78, 5) is 56.4. The number of nitrogens with zero attached hydrogens (tertiary/aromatic N) is 1. The fraction of sp³-hybridized carbons (Fsp3) is 0.487. The molecule has 55 heavy (non-hydrogen) atoms. The number of ether oxygens (including phenoxy) is 3. The van der Waals surface area contributed by atoms with Crippen LogP contribution in [0, 0.1) is 11.3 Å². The van der Waals surface area contributed by atoms with Crippen LogP contribution in [0.5, 0.6) is 11.5 Å². The molecule has 294 valence electrons. The molecule has 2 unspecified atom stereocenters. The average molecular weight is 783 g/mol. The van der Waals surface area contributed by atoms with Crippen molar-refractivity contribution in [3.05, 3.63) is 60.7 Å². The van der Waals surface area contributed by atoms with Crippen LogP contribution >= 0.6 is 0 Å². The molecule has 3 N–H and O–H groups in total. The Hall–Kier alpha value is -4.99. The molecule has 3 aromatic rings. The number of benzene rings is 3. The largest absolute Gasteiger partial charge is 0.493 e. The maximum atomic E-state index is 14.5. The van der Waals surface area contributed by atoms with E-state index in [1.165, 1.54) is 4.90 Å². The van der Waals surface area contributed by atoms with Gasteiger partial charge in [-0.25, -0.2) is 22.0 Å². The Morgan fingerprint density at radius 1 is 0.982 bits per heavy atom. The fourth-order valence-corrected chi connectivity index (χ4v) is 8.64. The van der Waals surface area contributed by atoms with Crippen LogP contribution in [-0.4, -0.2) is 92.3 Å².